The fourth-order valence-electron chi connectivity index (χ4n) is 4.86. The Kier molecular flexibility index (Phi) is 6.85. The number of rotatable bonds is 7. The molecule has 0 aliphatic carbocycles. The summed E-state index contributed by atoms with van der Waals surface area (Å²) in [6.45, 7) is 3.30. The molecule has 3 aromatic heterocycles. The summed E-state index contributed by atoms with van der Waals surface area (Å²) in [7, 11) is 1.34. The SMILES string of the molecule is CCc1c(-c2ccc(-n3c(OC(F)F)nn(C)c3=O)cn2)ccnc1N1CC(C)N(c2cccc(C)c2)C1=O. The molecule has 1 saturated heterocycles. The van der Waals surface area contributed by atoms with E-state index in [0.717, 1.165) is 31.6 Å². The summed E-state index contributed by atoms with van der Waals surface area (Å²) in [5.74, 6) is 0.559. The van der Waals surface area contributed by atoms with Gasteiger partial charge in [-0.3, -0.25) is 14.8 Å². The van der Waals surface area contributed by atoms with Gasteiger partial charge in [-0.2, -0.15) is 8.78 Å². The lowest BCUT2D eigenvalue weighted by Gasteiger charge is -2.22. The predicted molar refractivity (Wildman–Crippen MR) is 142 cm³/mol. The molecule has 39 heavy (non-hydrogen) atoms. The summed E-state index contributed by atoms with van der Waals surface area (Å²) in [6, 6.07) is 12.1. The van der Waals surface area contributed by atoms with E-state index in [4.69, 9.17) is 0 Å². The highest BCUT2D eigenvalue weighted by molar-refractivity contribution is 6.07. The summed E-state index contributed by atoms with van der Waals surface area (Å²) in [5, 5.41) is 3.72. The second kappa shape index (κ2) is 10.3. The van der Waals surface area contributed by atoms with Crippen LogP contribution in [-0.4, -0.2) is 49.5 Å². The van der Waals surface area contributed by atoms with Crippen LogP contribution in [0.25, 0.3) is 16.9 Å². The number of urea groups is 1. The number of alkyl halides is 2. The number of amides is 2. The van der Waals surface area contributed by atoms with Crippen LogP contribution in [-0.2, 0) is 13.5 Å². The molecule has 4 heterocycles. The van der Waals surface area contributed by atoms with Crippen molar-refractivity contribution < 1.29 is 18.3 Å². The van der Waals surface area contributed by atoms with E-state index in [2.05, 4.69) is 19.8 Å². The van der Waals surface area contributed by atoms with Crippen LogP contribution in [0.1, 0.15) is 25.0 Å². The van der Waals surface area contributed by atoms with E-state index in [9.17, 15) is 18.4 Å². The van der Waals surface area contributed by atoms with Gasteiger partial charge in [0.25, 0.3) is 0 Å². The summed E-state index contributed by atoms with van der Waals surface area (Å²) in [6.07, 6.45) is 3.60. The minimum absolute atomic E-state index is 0.0608. The molecule has 0 N–H and O–H groups in total. The lowest BCUT2D eigenvalue weighted by molar-refractivity contribution is -0.0575. The minimum Gasteiger partial charge on any atom is -0.401 e. The van der Waals surface area contributed by atoms with Crippen LogP contribution >= 0.6 is 0 Å². The van der Waals surface area contributed by atoms with E-state index < -0.39 is 18.3 Å². The monoisotopic (exact) mass is 535 g/mol. The first-order valence-electron chi connectivity index (χ1n) is 12.4. The molecule has 12 heteroatoms. The number of aromatic nitrogens is 5. The van der Waals surface area contributed by atoms with Crippen LogP contribution in [0.2, 0.25) is 0 Å². The topological polar surface area (TPSA) is 98.4 Å². The number of anilines is 2. The lowest BCUT2D eigenvalue weighted by Crippen LogP contribution is -2.34. The van der Waals surface area contributed by atoms with Gasteiger partial charge in [-0.25, -0.2) is 23.8 Å². The Hall–Kier alpha value is -4.61. The number of hydrogen-bond donors (Lipinski definition) is 0. The van der Waals surface area contributed by atoms with Crippen molar-refractivity contribution in [1.29, 1.82) is 0 Å². The quantitative estimate of drug-likeness (QED) is 0.349. The number of carbonyl (C=O) groups is 1. The molecule has 0 saturated carbocycles. The second-order valence-electron chi connectivity index (χ2n) is 9.27. The maximum atomic E-state index is 13.6. The number of carbonyl (C=O) groups excluding carboxylic acids is 1. The zero-order valence-electron chi connectivity index (χ0n) is 21.9. The van der Waals surface area contributed by atoms with Crippen molar-refractivity contribution in [2.45, 2.75) is 39.8 Å². The van der Waals surface area contributed by atoms with Crippen LogP contribution in [0.3, 0.4) is 0 Å². The fourth-order valence-corrected chi connectivity index (χ4v) is 4.86. The Labute approximate surface area is 223 Å². The zero-order chi connectivity index (χ0) is 27.8. The number of ether oxygens (including phenoxy) is 1. The number of benzene rings is 1. The number of nitrogens with zero attached hydrogens (tertiary/aromatic N) is 7. The predicted octanol–water partition coefficient (Wildman–Crippen LogP) is 4.34. The second-order valence-corrected chi connectivity index (χ2v) is 9.27. The summed E-state index contributed by atoms with van der Waals surface area (Å²) < 4.78 is 31.9. The molecule has 0 spiro atoms. The van der Waals surface area contributed by atoms with Gasteiger partial charge in [-0.1, -0.05) is 19.1 Å². The normalized spacial score (nSPS) is 15.5. The van der Waals surface area contributed by atoms with Crippen LogP contribution < -0.4 is 20.2 Å². The molecule has 1 fully saturated rings. The number of aryl methyl sites for hydroxylation is 2. The molecule has 0 bridgehead atoms. The molecule has 1 atom stereocenters. The van der Waals surface area contributed by atoms with E-state index in [1.807, 2.05) is 51.1 Å². The summed E-state index contributed by atoms with van der Waals surface area (Å²) >= 11 is 0. The third kappa shape index (κ3) is 4.73. The van der Waals surface area contributed by atoms with Crippen molar-refractivity contribution in [3.05, 3.63) is 76.5 Å². The standard InChI is InChI=1S/C27H27F2N7O3/c1-5-20-21(22-10-9-19(14-31-22)36-25(39-24(28)29)32-33(4)26(36)37)11-12-30-23(20)34-15-17(3)35(27(34)38)18-8-6-7-16(2)13-18/h6-14,17,24H,5,15H2,1-4H3. The number of hydrogen-bond acceptors (Lipinski definition) is 6. The van der Waals surface area contributed by atoms with Crippen LogP contribution in [0.5, 0.6) is 6.01 Å². The molecule has 1 aromatic carbocycles. The van der Waals surface area contributed by atoms with Crippen LogP contribution in [0.15, 0.2) is 59.7 Å². The highest BCUT2D eigenvalue weighted by Gasteiger charge is 2.38. The molecule has 2 amide bonds. The molecule has 0 radical (unpaired) electrons. The van der Waals surface area contributed by atoms with Gasteiger partial charge in [0.15, 0.2) is 0 Å². The van der Waals surface area contributed by atoms with Crippen molar-refractivity contribution >= 4 is 17.5 Å². The molecule has 202 valence electrons. The largest absolute Gasteiger partial charge is 0.401 e. The third-order valence-corrected chi connectivity index (χ3v) is 6.62. The first-order valence-corrected chi connectivity index (χ1v) is 12.4. The van der Waals surface area contributed by atoms with Crippen molar-refractivity contribution in [3.8, 4) is 23.0 Å². The van der Waals surface area contributed by atoms with Gasteiger partial charge in [0.2, 0.25) is 0 Å². The average molecular weight is 536 g/mol. The van der Waals surface area contributed by atoms with E-state index in [1.165, 1.54) is 13.2 Å². The van der Waals surface area contributed by atoms with Crippen molar-refractivity contribution in [3.63, 3.8) is 0 Å². The van der Waals surface area contributed by atoms with Crippen molar-refractivity contribution in [2.24, 2.45) is 7.05 Å². The van der Waals surface area contributed by atoms with E-state index >= 15 is 0 Å². The Morgan fingerprint density at radius 2 is 1.90 bits per heavy atom. The Bertz CT molecular complexity index is 1580. The van der Waals surface area contributed by atoms with Crippen LogP contribution in [0.4, 0.5) is 25.1 Å². The molecule has 1 unspecified atom stereocenters. The lowest BCUT2D eigenvalue weighted by atomic mass is 10.0. The maximum absolute atomic E-state index is 13.6. The molecule has 10 nitrogen and oxygen atoms in total. The van der Waals surface area contributed by atoms with Gasteiger partial charge < -0.3 is 4.74 Å². The molecule has 5 rings (SSSR count). The van der Waals surface area contributed by atoms with E-state index in [-0.39, 0.29) is 17.8 Å². The Morgan fingerprint density at radius 1 is 1.10 bits per heavy atom. The molecule has 1 aliphatic rings. The molecule has 1 aliphatic heterocycles. The molecule has 4 aromatic rings. The highest BCUT2D eigenvalue weighted by Crippen LogP contribution is 2.34. The highest BCUT2D eigenvalue weighted by atomic mass is 19.3. The first kappa shape index (κ1) is 26.0. The fraction of sp³-hybridized carbons (Fsp3) is 0.296. The zero-order valence-corrected chi connectivity index (χ0v) is 21.9. The van der Waals surface area contributed by atoms with Gasteiger partial charge in [0.05, 0.1) is 23.6 Å². The molecular formula is C27H27F2N7O3. The van der Waals surface area contributed by atoms with Crippen LogP contribution in [0, 0.1) is 6.92 Å². The van der Waals surface area contributed by atoms with Gasteiger partial charge in [-0.15, -0.1) is 5.10 Å². The van der Waals surface area contributed by atoms with Gasteiger partial charge in [-0.05, 0) is 56.2 Å². The minimum atomic E-state index is -3.14. The maximum Gasteiger partial charge on any atom is 0.389 e. The summed E-state index contributed by atoms with van der Waals surface area (Å²) in [4.78, 5) is 38.6. The van der Waals surface area contributed by atoms with Gasteiger partial charge in [0, 0.05) is 36.6 Å². The number of pyridine rings is 2. The van der Waals surface area contributed by atoms with Crippen molar-refractivity contribution in [2.75, 3.05) is 16.3 Å². The first-order chi connectivity index (χ1) is 18.7. The Balaban J connectivity index is 1.49. The molecular weight excluding hydrogens is 508 g/mol. The van der Waals surface area contributed by atoms with E-state index in [0.29, 0.717) is 24.5 Å². The number of halogens is 2. The van der Waals surface area contributed by atoms with Crippen molar-refractivity contribution in [1.82, 2.24) is 24.3 Å². The van der Waals surface area contributed by atoms with Gasteiger partial charge >= 0.3 is 24.3 Å². The summed E-state index contributed by atoms with van der Waals surface area (Å²) in [5.41, 5.74) is 3.65. The van der Waals surface area contributed by atoms with Gasteiger partial charge in [0.1, 0.15) is 5.82 Å². The third-order valence-electron chi connectivity index (χ3n) is 6.62. The smallest absolute Gasteiger partial charge is 0.389 e. The van der Waals surface area contributed by atoms with E-state index in [1.54, 1.807) is 28.1 Å². The Morgan fingerprint density at radius 3 is 2.56 bits per heavy atom. The average Bonchev–Trinajstić information content (AvgIpc) is 3.36.